The van der Waals surface area contributed by atoms with E-state index in [4.69, 9.17) is 29.0 Å². The number of hydrogen-bond acceptors (Lipinski definition) is 3. The third-order valence-electron chi connectivity index (χ3n) is 2.60. The zero-order valence-corrected chi connectivity index (χ0v) is 11.5. The lowest BCUT2D eigenvalue weighted by atomic mass is 10.0. The fraction of sp³-hybridized carbons (Fsp3) is 0.167. The van der Waals surface area contributed by atoms with E-state index in [0.717, 1.165) is 26.0 Å². The number of hydrazine groups is 1. The van der Waals surface area contributed by atoms with Crippen molar-refractivity contribution in [1.29, 1.82) is 0 Å². The van der Waals surface area contributed by atoms with Gasteiger partial charge in [0.15, 0.2) is 0 Å². The SMILES string of the molecule is Cc1ccc(C(NN)c2sccc2Cl)cc1Cl. The zero-order chi connectivity index (χ0) is 12.4. The van der Waals surface area contributed by atoms with Crippen LogP contribution in [0.5, 0.6) is 0 Å². The fourth-order valence-electron chi connectivity index (χ4n) is 1.62. The summed E-state index contributed by atoms with van der Waals surface area (Å²) >= 11 is 13.8. The standard InChI is InChI=1S/C12H12Cl2N2S/c1-7-2-3-8(6-10(7)14)11(16-15)12-9(13)4-5-17-12/h2-6,11,16H,15H2,1H3. The summed E-state index contributed by atoms with van der Waals surface area (Å²) in [6.07, 6.45) is 0. The van der Waals surface area contributed by atoms with Crippen molar-refractivity contribution in [2.45, 2.75) is 13.0 Å². The van der Waals surface area contributed by atoms with Gasteiger partial charge in [-0.3, -0.25) is 5.84 Å². The lowest BCUT2D eigenvalue weighted by Gasteiger charge is -2.16. The van der Waals surface area contributed by atoms with Gasteiger partial charge in [0, 0.05) is 9.90 Å². The monoisotopic (exact) mass is 286 g/mol. The maximum Gasteiger partial charge on any atom is 0.0818 e. The van der Waals surface area contributed by atoms with E-state index in [2.05, 4.69) is 5.43 Å². The first-order chi connectivity index (χ1) is 8.13. The van der Waals surface area contributed by atoms with Gasteiger partial charge in [0.05, 0.1) is 11.1 Å². The molecule has 0 aliphatic carbocycles. The number of rotatable bonds is 3. The molecule has 0 amide bonds. The molecule has 1 aromatic heterocycles. The Hall–Kier alpha value is -0.580. The molecule has 0 fully saturated rings. The van der Waals surface area contributed by atoms with Crippen LogP contribution in [-0.2, 0) is 0 Å². The number of halogens is 2. The average Bonchev–Trinajstić information content (AvgIpc) is 2.71. The number of aryl methyl sites for hydroxylation is 1. The number of nitrogens with one attached hydrogen (secondary N) is 1. The van der Waals surface area contributed by atoms with E-state index in [1.807, 2.05) is 36.6 Å². The van der Waals surface area contributed by atoms with E-state index in [1.54, 1.807) is 11.3 Å². The van der Waals surface area contributed by atoms with Gasteiger partial charge in [-0.15, -0.1) is 11.3 Å². The van der Waals surface area contributed by atoms with Gasteiger partial charge in [-0.2, -0.15) is 0 Å². The molecule has 3 N–H and O–H groups in total. The highest BCUT2D eigenvalue weighted by atomic mass is 35.5. The largest absolute Gasteiger partial charge is 0.271 e. The summed E-state index contributed by atoms with van der Waals surface area (Å²) in [5.41, 5.74) is 4.83. The molecule has 1 atom stereocenters. The molecule has 1 unspecified atom stereocenters. The Kier molecular flexibility index (Phi) is 4.07. The molecule has 17 heavy (non-hydrogen) atoms. The van der Waals surface area contributed by atoms with Crippen molar-refractivity contribution in [2.24, 2.45) is 5.84 Å². The lowest BCUT2D eigenvalue weighted by Crippen LogP contribution is -2.28. The van der Waals surface area contributed by atoms with E-state index in [-0.39, 0.29) is 6.04 Å². The van der Waals surface area contributed by atoms with Crippen LogP contribution in [0.3, 0.4) is 0 Å². The summed E-state index contributed by atoms with van der Waals surface area (Å²) in [5, 5.41) is 3.39. The normalized spacial score (nSPS) is 12.7. The Morgan fingerprint density at radius 2 is 2.00 bits per heavy atom. The zero-order valence-electron chi connectivity index (χ0n) is 9.21. The van der Waals surface area contributed by atoms with Crippen molar-refractivity contribution in [3.05, 3.63) is 55.7 Å². The van der Waals surface area contributed by atoms with Gasteiger partial charge in [-0.05, 0) is 35.6 Å². The van der Waals surface area contributed by atoms with Crippen molar-refractivity contribution in [3.8, 4) is 0 Å². The summed E-state index contributed by atoms with van der Waals surface area (Å²) < 4.78 is 0. The number of benzene rings is 1. The average molecular weight is 287 g/mol. The summed E-state index contributed by atoms with van der Waals surface area (Å²) in [7, 11) is 0. The molecule has 2 rings (SSSR count). The molecular weight excluding hydrogens is 275 g/mol. The second kappa shape index (κ2) is 5.38. The minimum absolute atomic E-state index is 0.124. The molecule has 0 saturated carbocycles. The topological polar surface area (TPSA) is 38.0 Å². The van der Waals surface area contributed by atoms with Crippen LogP contribution in [0.1, 0.15) is 22.0 Å². The Labute approximate surface area is 114 Å². The Bertz CT molecular complexity index is 525. The molecule has 1 heterocycles. The van der Waals surface area contributed by atoms with Crippen LogP contribution in [0.15, 0.2) is 29.6 Å². The molecule has 0 bridgehead atoms. The Morgan fingerprint density at radius 1 is 1.24 bits per heavy atom. The van der Waals surface area contributed by atoms with Gasteiger partial charge in [0.2, 0.25) is 0 Å². The second-order valence-corrected chi connectivity index (χ2v) is 5.50. The fourth-order valence-corrected chi connectivity index (χ4v) is 3.06. The minimum atomic E-state index is -0.124. The first-order valence-electron chi connectivity index (χ1n) is 5.08. The highest BCUT2D eigenvalue weighted by Crippen LogP contribution is 2.33. The number of nitrogens with two attached hydrogens (primary N) is 1. The number of hydrogen-bond donors (Lipinski definition) is 2. The van der Waals surface area contributed by atoms with Gasteiger partial charge in [0.25, 0.3) is 0 Å². The molecule has 2 nitrogen and oxygen atoms in total. The molecule has 5 heteroatoms. The smallest absolute Gasteiger partial charge is 0.0818 e. The summed E-state index contributed by atoms with van der Waals surface area (Å²) in [4.78, 5) is 0.995. The van der Waals surface area contributed by atoms with Crippen LogP contribution in [0, 0.1) is 6.92 Å². The molecule has 0 aliphatic heterocycles. The maximum absolute atomic E-state index is 6.12. The van der Waals surface area contributed by atoms with Gasteiger partial charge in [0.1, 0.15) is 0 Å². The quantitative estimate of drug-likeness (QED) is 0.663. The first kappa shape index (κ1) is 12.9. The van der Waals surface area contributed by atoms with Gasteiger partial charge in [-0.25, -0.2) is 5.43 Å². The highest BCUT2D eigenvalue weighted by Gasteiger charge is 2.17. The molecule has 0 saturated heterocycles. The maximum atomic E-state index is 6.12. The molecule has 0 radical (unpaired) electrons. The lowest BCUT2D eigenvalue weighted by molar-refractivity contribution is 0.646. The van der Waals surface area contributed by atoms with Crippen LogP contribution in [0.2, 0.25) is 10.0 Å². The Morgan fingerprint density at radius 3 is 2.53 bits per heavy atom. The second-order valence-electron chi connectivity index (χ2n) is 3.74. The van der Waals surface area contributed by atoms with E-state index in [1.165, 1.54) is 0 Å². The third kappa shape index (κ3) is 2.64. The van der Waals surface area contributed by atoms with Crippen molar-refractivity contribution in [1.82, 2.24) is 5.43 Å². The van der Waals surface area contributed by atoms with Crippen LogP contribution in [0.4, 0.5) is 0 Å². The molecule has 90 valence electrons. The molecule has 0 aliphatic rings. The van der Waals surface area contributed by atoms with E-state index < -0.39 is 0 Å². The van der Waals surface area contributed by atoms with Crippen molar-refractivity contribution in [3.63, 3.8) is 0 Å². The summed E-state index contributed by atoms with van der Waals surface area (Å²) in [5.74, 6) is 5.61. The van der Waals surface area contributed by atoms with Crippen molar-refractivity contribution >= 4 is 34.5 Å². The van der Waals surface area contributed by atoms with E-state index in [0.29, 0.717) is 0 Å². The Balaban J connectivity index is 2.42. The summed E-state index contributed by atoms with van der Waals surface area (Å²) in [6, 6.07) is 7.63. The molecular formula is C12H12Cl2N2S. The molecule has 0 spiro atoms. The summed E-state index contributed by atoms with van der Waals surface area (Å²) in [6.45, 7) is 1.97. The van der Waals surface area contributed by atoms with E-state index >= 15 is 0 Å². The van der Waals surface area contributed by atoms with Crippen molar-refractivity contribution in [2.75, 3.05) is 0 Å². The van der Waals surface area contributed by atoms with Crippen LogP contribution in [0.25, 0.3) is 0 Å². The predicted octanol–water partition coefficient (Wildman–Crippen LogP) is 3.92. The third-order valence-corrected chi connectivity index (χ3v) is 4.43. The highest BCUT2D eigenvalue weighted by molar-refractivity contribution is 7.10. The van der Waals surface area contributed by atoms with Crippen molar-refractivity contribution < 1.29 is 0 Å². The number of thiophene rings is 1. The minimum Gasteiger partial charge on any atom is -0.271 e. The molecule has 1 aromatic carbocycles. The first-order valence-corrected chi connectivity index (χ1v) is 6.72. The van der Waals surface area contributed by atoms with Gasteiger partial charge in [-0.1, -0.05) is 35.3 Å². The van der Waals surface area contributed by atoms with Crippen LogP contribution >= 0.6 is 34.5 Å². The van der Waals surface area contributed by atoms with Gasteiger partial charge < -0.3 is 0 Å². The van der Waals surface area contributed by atoms with Gasteiger partial charge >= 0.3 is 0 Å². The molecule has 2 aromatic rings. The van der Waals surface area contributed by atoms with Crippen LogP contribution < -0.4 is 11.3 Å². The predicted molar refractivity (Wildman–Crippen MR) is 74.7 cm³/mol. The van der Waals surface area contributed by atoms with Crippen LogP contribution in [-0.4, -0.2) is 0 Å². The van der Waals surface area contributed by atoms with E-state index in [9.17, 15) is 0 Å².